The van der Waals surface area contributed by atoms with Gasteiger partial charge in [-0.3, -0.25) is 9.59 Å². The van der Waals surface area contributed by atoms with Gasteiger partial charge in [0.1, 0.15) is 5.78 Å². The first-order valence-corrected chi connectivity index (χ1v) is 9.61. The van der Waals surface area contributed by atoms with E-state index in [4.69, 9.17) is 5.11 Å². The minimum atomic E-state index is -0.768. The quantitative estimate of drug-likeness (QED) is 0.335. The fourth-order valence-electron chi connectivity index (χ4n) is 3.16. The molecular formula is C21H32O4. The van der Waals surface area contributed by atoms with E-state index in [1.54, 1.807) is 0 Å². The van der Waals surface area contributed by atoms with Crippen molar-refractivity contribution >= 4 is 11.8 Å². The molecule has 0 heterocycles. The highest BCUT2D eigenvalue weighted by atomic mass is 16.4. The maximum Gasteiger partial charge on any atom is 0.303 e. The number of aliphatic hydroxyl groups is 1. The van der Waals surface area contributed by atoms with Gasteiger partial charge >= 0.3 is 5.97 Å². The molecule has 4 nitrogen and oxygen atoms in total. The molecule has 0 aromatic rings. The van der Waals surface area contributed by atoms with Crippen LogP contribution in [-0.4, -0.2) is 28.1 Å². The fourth-order valence-corrected chi connectivity index (χ4v) is 3.16. The molecule has 0 aliphatic heterocycles. The second-order valence-corrected chi connectivity index (χ2v) is 6.88. The minimum Gasteiger partial charge on any atom is -0.481 e. The van der Waals surface area contributed by atoms with Gasteiger partial charge in [-0.2, -0.15) is 0 Å². The predicted molar refractivity (Wildman–Crippen MR) is 99.0 cm³/mol. The highest BCUT2D eigenvalue weighted by molar-refractivity contribution is 5.84. The zero-order valence-electron chi connectivity index (χ0n) is 15.4. The van der Waals surface area contributed by atoms with Crippen LogP contribution >= 0.6 is 0 Å². The summed E-state index contributed by atoms with van der Waals surface area (Å²) in [6.45, 7) is 2.14. The third-order valence-electron chi connectivity index (χ3n) is 4.73. The first-order chi connectivity index (χ1) is 12.0. The van der Waals surface area contributed by atoms with Crippen LogP contribution in [0.1, 0.15) is 77.6 Å². The molecule has 0 spiro atoms. The maximum atomic E-state index is 12.1. The van der Waals surface area contributed by atoms with Crippen LogP contribution in [0.5, 0.6) is 0 Å². The SMILES string of the molecule is CCCCCC(O)/C=C/C1CCC(=O)C1CC#CCCCCC(=O)O. The summed E-state index contributed by atoms with van der Waals surface area (Å²) in [5.74, 6) is 5.79. The summed E-state index contributed by atoms with van der Waals surface area (Å²) < 4.78 is 0. The number of carbonyl (C=O) groups is 2. The Hall–Kier alpha value is -1.60. The van der Waals surface area contributed by atoms with Gasteiger partial charge in [-0.15, -0.1) is 11.8 Å². The van der Waals surface area contributed by atoms with Gasteiger partial charge in [-0.05, 0) is 31.6 Å². The van der Waals surface area contributed by atoms with Gasteiger partial charge in [0, 0.05) is 31.6 Å². The third kappa shape index (κ3) is 9.45. The molecule has 0 radical (unpaired) electrons. The third-order valence-corrected chi connectivity index (χ3v) is 4.73. The van der Waals surface area contributed by atoms with E-state index in [0.29, 0.717) is 25.7 Å². The monoisotopic (exact) mass is 348 g/mol. The van der Waals surface area contributed by atoms with Crippen LogP contribution < -0.4 is 0 Å². The Morgan fingerprint density at radius 2 is 2.08 bits per heavy atom. The maximum absolute atomic E-state index is 12.1. The zero-order valence-corrected chi connectivity index (χ0v) is 15.4. The van der Waals surface area contributed by atoms with E-state index in [0.717, 1.165) is 38.5 Å². The molecule has 2 N–H and O–H groups in total. The zero-order chi connectivity index (χ0) is 18.5. The lowest BCUT2D eigenvalue weighted by atomic mass is 9.91. The van der Waals surface area contributed by atoms with Gasteiger partial charge in [-0.25, -0.2) is 0 Å². The van der Waals surface area contributed by atoms with E-state index in [9.17, 15) is 14.7 Å². The number of Topliss-reactive ketones (excluding diaryl/α,β-unsaturated/α-hetero) is 1. The highest BCUT2D eigenvalue weighted by Gasteiger charge is 2.32. The minimum absolute atomic E-state index is 0.0504. The lowest BCUT2D eigenvalue weighted by Gasteiger charge is -2.12. The number of aliphatic hydroxyl groups excluding tert-OH is 1. The number of rotatable bonds is 11. The van der Waals surface area contributed by atoms with Crippen LogP contribution in [0.25, 0.3) is 0 Å². The van der Waals surface area contributed by atoms with Crippen LogP contribution in [0.15, 0.2) is 12.2 Å². The summed E-state index contributed by atoms with van der Waals surface area (Å²) >= 11 is 0. The molecule has 0 aromatic carbocycles. The number of hydrogen-bond donors (Lipinski definition) is 2. The standard InChI is InChI=1S/C21H32O4/c1-2-3-7-10-18(22)15-13-17-14-16-20(23)19(17)11-8-5-4-6-9-12-21(24)25/h13,15,17-19,22H,2-4,6-7,9-12,14,16H2,1H3,(H,24,25)/b15-13+. The first-order valence-electron chi connectivity index (χ1n) is 9.61. The summed E-state index contributed by atoms with van der Waals surface area (Å²) in [7, 11) is 0. The largest absolute Gasteiger partial charge is 0.481 e. The molecule has 1 saturated carbocycles. The molecule has 1 aliphatic rings. The Labute approximate surface area is 151 Å². The molecule has 0 aromatic heterocycles. The molecule has 140 valence electrons. The van der Waals surface area contributed by atoms with Gasteiger partial charge in [0.2, 0.25) is 0 Å². The molecular weight excluding hydrogens is 316 g/mol. The van der Waals surface area contributed by atoms with Crippen molar-refractivity contribution in [3.05, 3.63) is 12.2 Å². The number of carboxylic acid groups (broad SMARTS) is 1. The summed E-state index contributed by atoms with van der Waals surface area (Å²) in [5, 5.41) is 18.6. The number of aliphatic carboxylic acids is 1. The molecule has 0 bridgehead atoms. The van der Waals surface area contributed by atoms with Crippen LogP contribution in [0.2, 0.25) is 0 Å². The molecule has 3 atom stereocenters. The van der Waals surface area contributed by atoms with Crippen molar-refractivity contribution in [2.45, 2.75) is 83.7 Å². The van der Waals surface area contributed by atoms with Crippen LogP contribution in [0, 0.1) is 23.7 Å². The van der Waals surface area contributed by atoms with E-state index in [1.807, 2.05) is 12.2 Å². The van der Waals surface area contributed by atoms with Crippen molar-refractivity contribution in [3.63, 3.8) is 0 Å². The van der Waals surface area contributed by atoms with Gasteiger partial charge in [-0.1, -0.05) is 38.3 Å². The first kappa shape index (κ1) is 21.4. The lowest BCUT2D eigenvalue weighted by Crippen LogP contribution is -2.13. The van der Waals surface area contributed by atoms with Gasteiger partial charge in [0.05, 0.1) is 6.10 Å². The average molecular weight is 348 g/mol. The second-order valence-electron chi connectivity index (χ2n) is 6.88. The predicted octanol–water partition coefficient (Wildman–Crippen LogP) is 4.12. The van der Waals surface area contributed by atoms with Crippen LogP contribution in [0.4, 0.5) is 0 Å². The topological polar surface area (TPSA) is 74.6 Å². The molecule has 1 aliphatic carbocycles. The Morgan fingerprint density at radius 3 is 2.80 bits per heavy atom. The number of hydrogen-bond acceptors (Lipinski definition) is 3. The molecule has 25 heavy (non-hydrogen) atoms. The van der Waals surface area contributed by atoms with Crippen molar-refractivity contribution in [2.75, 3.05) is 0 Å². The number of allylic oxidation sites excluding steroid dienone is 1. The van der Waals surface area contributed by atoms with Crippen LogP contribution in [0.3, 0.4) is 0 Å². The number of carbonyl (C=O) groups excluding carboxylic acids is 1. The van der Waals surface area contributed by atoms with Gasteiger partial charge in [0.25, 0.3) is 0 Å². The van der Waals surface area contributed by atoms with Crippen molar-refractivity contribution in [2.24, 2.45) is 11.8 Å². The van der Waals surface area contributed by atoms with Crippen LogP contribution in [-0.2, 0) is 9.59 Å². The van der Waals surface area contributed by atoms with E-state index in [1.165, 1.54) is 0 Å². The smallest absolute Gasteiger partial charge is 0.303 e. The van der Waals surface area contributed by atoms with E-state index >= 15 is 0 Å². The van der Waals surface area contributed by atoms with E-state index in [-0.39, 0.29) is 24.0 Å². The molecule has 4 heteroatoms. The number of carboxylic acids is 1. The Balaban J connectivity index is 2.36. The van der Waals surface area contributed by atoms with E-state index < -0.39 is 12.1 Å². The molecule has 1 rings (SSSR count). The summed E-state index contributed by atoms with van der Waals surface area (Å²) in [4.78, 5) is 22.5. The van der Waals surface area contributed by atoms with Crippen molar-refractivity contribution in [1.82, 2.24) is 0 Å². The van der Waals surface area contributed by atoms with Gasteiger partial charge in [0.15, 0.2) is 0 Å². The molecule has 0 amide bonds. The number of unbranched alkanes of at least 4 members (excludes halogenated alkanes) is 4. The van der Waals surface area contributed by atoms with Crippen molar-refractivity contribution in [3.8, 4) is 11.8 Å². The Kier molecular flexibility index (Phi) is 10.9. The Morgan fingerprint density at radius 1 is 1.28 bits per heavy atom. The number of ketones is 1. The lowest BCUT2D eigenvalue weighted by molar-refractivity contribution is -0.137. The fraction of sp³-hybridized carbons (Fsp3) is 0.714. The second kappa shape index (κ2) is 12.7. The summed E-state index contributed by atoms with van der Waals surface area (Å²) in [6.07, 6.45) is 11.9. The van der Waals surface area contributed by atoms with Gasteiger partial charge < -0.3 is 10.2 Å². The van der Waals surface area contributed by atoms with Crippen molar-refractivity contribution < 1.29 is 19.8 Å². The average Bonchev–Trinajstić information content (AvgIpc) is 2.92. The Bertz CT molecular complexity index is 498. The molecule has 1 fully saturated rings. The van der Waals surface area contributed by atoms with Crippen molar-refractivity contribution in [1.29, 1.82) is 0 Å². The summed E-state index contributed by atoms with van der Waals surface area (Å²) in [6, 6.07) is 0. The molecule has 3 unspecified atom stereocenters. The normalized spacial score (nSPS) is 21.3. The highest BCUT2D eigenvalue weighted by Crippen LogP contribution is 2.32. The van der Waals surface area contributed by atoms with E-state index in [2.05, 4.69) is 18.8 Å². The summed E-state index contributed by atoms with van der Waals surface area (Å²) in [5.41, 5.74) is 0. The molecule has 0 saturated heterocycles.